The first-order valence-corrected chi connectivity index (χ1v) is 4.44. The first-order chi connectivity index (χ1) is 4.88. The third-order valence-corrected chi connectivity index (χ3v) is 3.51. The maximum atomic E-state index is 5.38. The van der Waals surface area contributed by atoms with Gasteiger partial charge in [0.15, 0.2) is 0 Å². The molecule has 2 aliphatic rings. The maximum Gasteiger partial charge on any atom is 0.0667 e. The van der Waals surface area contributed by atoms with Crippen LogP contribution < -0.4 is 0 Å². The summed E-state index contributed by atoms with van der Waals surface area (Å²) in [4.78, 5) is 0. The fourth-order valence-electron chi connectivity index (χ4n) is 1.36. The van der Waals surface area contributed by atoms with E-state index in [1.165, 1.54) is 0 Å². The van der Waals surface area contributed by atoms with Crippen molar-refractivity contribution in [1.82, 2.24) is 3.11 Å². The van der Waals surface area contributed by atoms with Crippen LogP contribution in [-0.4, -0.2) is 41.6 Å². The quantitative estimate of drug-likeness (QED) is 0.463. The molecular weight excluding hydrogens is 245 g/mol. The van der Waals surface area contributed by atoms with Gasteiger partial charge in [0.2, 0.25) is 0 Å². The highest BCUT2D eigenvalue weighted by molar-refractivity contribution is 14.1. The van der Waals surface area contributed by atoms with Gasteiger partial charge in [-0.25, -0.2) is 3.11 Å². The SMILES string of the molecule is IN1C2COCC1COC2. The van der Waals surface area contributed by atoms with Gasteiger partial charge < -0.3 is 9.47 Å². The second-order valence-corrected chi connectivity index (χ2v) is 3.84. The molecule has 0 amide bonds. The lowest BCUT2D eigenvalue weighted by Gasteiger charge is -2.41. The predicted octanol–water partition coefficient (Wildman–Crippen LogP) is 0.436. The Labute approximate surface area is 74.2 Å². The highest BCUT2D eigenvalue weighted by atomic mass is 127. The van der Waals surface area contributed by atoms with Gasteiger partial charge in [-0.2, -0.15) is 0 Å². The van der Waals surface area contributed by atoms with Crippen molar-refractivity contribution in [3.8, 4) is 0 Å². The van der Waals surface area contributed by atoms with E-state index in [1.54, 1.807) is 0 Å². The molecule has 3 nitrogen and oxygen atoms in total. The summed E-state index contributed by atoms with van der Waals surface area (Å²) in [5.74, 6) is 0. The maximum absolute atomic E-state index is 5.38. The molecule has 0 unspecified atom stereocenters. The number of nitrogens with zero attached hydrogens (tertiary/aromatic N) is 1. The van der Waals surface area contributed by atoms with Gasteiger partial charge >= 0.3 is 0 Å². The van der Waals surface area contributed by atoms with Crippen molar-refractivity contribution in [1.29, 1.82) is 0 Å². The molecular formula is C6H10INO2. The van der Waals surface area contributed by atoms with Crippen LogP contribution in [0.15, 0.2) is 0 Å². The van der Waals surface area contributed by atoms with E-state index in [1.807, 2.05) is 0 Å². The summed E-state index contributed by atoms with van der Waals surface area (Å²) in [6.07, 6.45) is 0. The Morgan fingerprint density at radius 2 is 1.40 bits per heavy atom. The molecule has 0 radical (unpaired) electrons. The summed E-state index contributed by atoms with van der Waals surface area (Å²) in [7, 11) is 0. The number of hydrogen-bond acceptors (Lipinski definition) is 3. The van der Waals surface area contributed by atoms with Gasteiger partial charge in [-0.05, 0) is 0 Å². The second-order valence-electron chi connectivity index (χ2n) is 2.73. The monoisotopic (exact) mass is 255 g/mol. The zero-order valence-electron chi connectivity index (χ0n) is 5.62. The van der Waals surface area contributed by atoms with E-state index in [0.717, 1.165) is 26.4 Å². The van der Waals surface area contributed by atoms with Crippen LogP contribution in [0.3, 0.4) is 0 Å². The lowest BCUT2D eigenvalue weighted by molar-refractivity contribution is -0.0905. The van der Waals surface area contributed by atoms with Gasteiger partial charge in [-0.15, -0.1) is 0 Å². The third-order valence-electron chi connectivity index (χ3n) is 1.94. The number of fused-ring (bicyclic) bond motifs is 2. The van der Waals surface area contributed by atoms with Gasteiger partial charge in [0.05, 0.1) is 38.5 Å². The molecule has 58 valence electrons. The standard InChI is InChI=1S/C6H10INO2/c7-8-5-1-9-3-6(8)4-10-2-5/h5-6H,1-4H2. The van der Waals surface area contributed by atoms with Crippen LogP contribution in [0, 0.1) is 0 Å². The van der Waals surface area contributed by atoms with E-state index >= 15 is 0 Å². The summed E-state index contributed by atoms with van der Waals surface area (Å²) in [5.41, 5.74) is 0. The van der Waals surface area contributed by atoms with Gasteiger partial charge in [0.1, 0.15) is 0 Å². The number of rotatable bonds is 0. The van der Waals surface area contributed by atoms with E-state index in [9.17, 15) is 0 Å². The molecule has 0 atom stereocenters. The Morgan fingerprint density at radius 3 is 1.70 bits per heavy atom. The van der Waals surface area contributed by atoms with Gasteiger partial charge in [0.25, 0.3) is 0 Å². The minimum atomic E-state index is 0.494. The van der Waals surface area contributed by atoms with E-state index in [-0.39, 0.29) is 0 Å². The molecule has 10 heavy (non-hydrogen) atoms. The number of hydrogen-bond donors (Lipinski definition) is 0. The summed E-state index contributed by atoms with van der Waals surface area (Å²) in [5, 5.41) is 0. The molecule has 0 aromatic carbocycles. The van der Waals surface area contributed by atoms with Crippen molar-refractivity contribution in [2.45, 2.75) is 12.1 Å². The van der Waals surface area contributed by atoms with E-state index < -0.39 is 0 Å². The normalized spacial score (nSPS) is 41.7. The smallest absolute Gasteiger partial charge is 0.0667 e. The molecule has 0 saturated carbocycles. The first-order valence-electron chi connectivity index (χ1n) is 3.47. The lowest BCUT2D eigenvalue weighted by Crippen LogP contribution is -2.54. The number of ether oxygens (including phenoxy) is 2. The zero-order valence-corrected chi connectivity index (χ0v) is 7.78. The zero-order chi connectivity index (χ0) is 6.97. The van der Waals surface area contributed by atoms with Crippen LogP contribution >= 0.6 is 22.9 Å². The summed E-state index contributed by atoms with van der Waals surface area (Å²) >= 11 is 2.37. The van der Waals surface area contributed by atoms with Crippen molar-refractivity contribution in [2.75, 3.05) is 26.4 Å². The van der Waals surface area contributed by atoms with Crippen LogP contribution in [0.1, 0.15) is 0 Å². The Balaban J connectivity index is 2.05. The van der Waals surface area contributed by atoms with Crippen LogP contribution in [0.5, 0.6) is 0 Å². The second kappa shape index (κ2) is 2.92. The number of morpholine rings is 2. The molecule has 2 bridgehead atoms. The van der Waals surface area contributed by atoms with Gasteiger partial charge in [-0.3, -0.25) is 0 Å². The van der Waals surface area contributed by atoms with Crippen LogP contribution in [0.25, 0.3) is 0 Å². The Hall–Kier alpha value is 0.610. The van der Waals surface area contributed by atoms with E-state index in [2.05, 4.69) is 26.0 Å². The summed E-state index contributed by atoms with van der Waals surface area (Å²) < 4.78 is 13.1. The van der Waals surface area contributed by atoms with E-state index in [0.29, 0.717) is 12.1 Å². The largest absolute Gasteiger partial charge is 0.378 e. The topological polar surface area (TPSA) is 21.7 Å². The molecule has 0 aliphatic carbocycles. The van der Waals surface area contributed by atoms with Crippen molar-refractivity contribution < 1.29 is 9.47 Å². The van der Waals surface area contributed by atoms with Crippen molar-refractivity contribution in [2.24, 2.45) is 0 Å². The molecule has 2 heterocycles. The van der Waals surface area contributed by atoms with Crippen LogP contribution in [-0.2, 0) is 9.47 Å². The molecule has 0 aromatic rings. The molecule has 2 rings (SSSR count). The third kappa shape index (κ3) is 1.17. The molecule has 0 spiro atoms. The van der Waals surface area contributed by atoms with Crippen LogP contribution in [0.4, 0.5) is 0 Å². The van der Waals surface area contributed by atoms with Crippen LogP contribution in [0.2, 0.25) is 0 Å². The molecule has 0 N–H and O–H groups in total. The molecule has 2 fully saturated rings. The average Bonchev–Trinajstić information content (AvgIpc) is 1.86. The summed E-state index contributed by atoms with van der Waals surface area (Å²) in [6.45, 7) is 3.33. The van der Waals surface area contributed by atoms with Crippen molar-refractivity contribution >= 4 is 22.9 Å². The molecule has 0 aromatic heterocycles. The molecule has 2 saturated heterocycles. The van der Waals surface area contributed by atoms with E-state index in [4.69, 9.17) is 9.47 Å². The van der Waals surface area contributed by atoms with Crippen molar-refractivity contribution in [3.05, 3.63) is 0 Å². The minimum absolute atomic E-state index is 0.494. The van der Waals surface area contributed by atoms with Gasteiger partial charge in [0, 0.05) is 22.9 Å². The average molecular weight is 255 g/mol. The summed E-state index contributed by atoms with van der Waals surface area (Å²) in [6, 6.07) is 0.987. The fourth-order valence-corrected chi connectivity index (χ4v) is 2.00. The lowest BCUT2D eigenvalue weighted by atomic mass is 10.2. The van der Waals surface area contributed by atoms with Gasteiger partial charge in [-0.1, -0.05) is 0 Å². The first kappa shape index (κ1) is 7.27. The highest BCUT2D eigenvalue weighted by Crippen LogP contribution is 2.22. The molecule has 4 heteroatoms. The highest BCUT2D eigenvalue weighted by Gasteiger charge is 2.33. The Morgan fingerprint density at radius 1 is 1.00 bits per heavy atom. The predicted molar refractivity (Wildman–Crippen MR) is 45.1 cm³/mol. The van der Waals surface area contributed by atoms with Crippen molar-refractivity contribution in [3.63, 3.8) is 0 Å². The fraction of sp³-hybridized carbons (Fsp3) is 1.00. The Bertz CT molecular complexity index is 111. The molecule has 2 aliphatic heterocycles. The number of halogens is 1. The minimum Gasteiger partial charge on any atom is -0.378 e. The Kier molecular flexibility index (Phi) is 2.13.